The molecule has 0 fully saturated rings. The van der Waals surface area contributed by atoms with Gasteiger partial charge in [-0.25, -0.2) is 14.5 Å². The smallest absolute Gasteiger partial charge is 0.326 e. The molecule has 8 heteroatoms. The van der Waals surface area contributed by atoms with Gasteiger partial charge in [0.1, 0.15) is 6.04 Å². The average molecular weight is 398 g/mol. The molecule has 1 unspecified atom stereocenters. The van der Waals surface area contributed by atoms with Gasteiger partial charge in [-0.15, -0.1) is 11.3 Å². The normalized spacial score (nSPS) is 12.7. The molecule has 0 aliphatic rings. The van der Waals surface area contributed by atoms with Gasteiger partial charge in [-0.2, -0.15) is 5.10 Å². The van der Waals surface area contributed by atoms with Crippen LogP contribution >= 0.6 is 11.3 Å². The van der Waals surface area contributed by atoms with Crippen molar-refractivity contribution in [3.63, 3.8) is 0 Å². The van der Waals surface area contributed by atoms with Crippen molar-refractivity contribution >= 4 is 34.2 Å². The number of carbonyl (C=O) groups is 2. The van der Waals surface area contributed by atoms with Gasteiger partial charge >= 0.3 is 5.97 Å². The second-order valence-corrected chi connectivity index (χ2v) is 7.57. The number of carbonyl (C=O) groups excluding carboxylic acids is 1. The number of aromatic nitrogens is 3. The highest BCUT2D eigenvalue weighted by Gasteiger charge is 2.23. The predicted octanol–water partition coefficient (Wildman–Crippen LogP) is 3.89. The molecule has 0 saturated heterocycles. The van der Waals surface area contributed by atoms with Crippen molar-refractivity contribution in [2.24, 2.45) is 0 Å². The van der Waals surface area contributed by atoms with Crippen LogP contribution in [0.1, 0.15) is 43.6 Å². The van der Waals surface area contributed by atoms with Gasteiger partial charge in [-0.3, -0.25) is 4.79 Å². The molecule has 3 heterocycles. The van der Waals surface area contributed by atoms with E-state index in [-0.39, 0.29) is 12.5 Å². The van der Waals surface area contributed by atoms with Gasteiger partial charge in [0.2, 0.25) is 0 Å². The summed E-state index contributed by atoms with van der Waals surface area (Å²) in [5, 5.41) is 19.0. The van der Waals surface area contributed by atoms with E-state index in [0.717, 1.165) is 4.88 Å². The quantitative estimate of drug-likeness (QED) is 0.589. The third kappa shape index (κ3) is 3.96. The number of rotatable bonds is 7. The first-order valence-corrected chi connectivity index (χ1v) is 9.87. The zero-order valence-electron chi connectivity index (χ0n) is 15.9. The lowest BCUT2D eigenvalue weighted by molar-refractivity contribution is -0.139. The Morgan fingerprint density at radius 2 is 2.18 bits per heavy atom. The summed E-state index contributed by atoms with van der Waals surface area (Å²) in [6.45, 7) is 5.78. The largest absolute Gasteiger partial charge is 0.480 e. The summed E-state index contributed by atoms with van der Waals surface area (Å²) in [5.41, 5.74) is 1.63. The molecule has 0 bridgehead atoms. The highest BCUT2D eigenvalue weighted by atomic mass is 32.1. The van der Waals surface area contributed by atoms with E-state index in [1.54, 1.807) is 36.0 Å². The Kier molecular flexibility index (Phi) is 5.89. The van der Waals surface area contributed by atoms with Crippen LogP contribution in [0.25, 0.3) is 21.6 Å². The van der Waals surface area contributed by atoms with Crippen molar-refractivity contribution < 1.29 is 14.7 Å². The fourth-order valence-corrected chi connectivity index (χ4v) is 3.55. The maximum atomic E-state index is 13.0. The summed E-state index contributed by atoms with van der Waals surface area (Å²) in [4.78, 5) is 30.1. The van der Waals surface area contributed by atoms with E-state index in [2.05, 4.69) is 10.4 Å². The molecule has 7 nitrogen and oxygen atoms in total. The van der Waals surface area contributed by atoms with Gasteiger partial charge in [0.25, 0.3) is 5.91 Å². The summed E-state index contributed by atoms with van der Waals surface area (Å²) in [6.07, 6.45) is 5.30. The minimum atomic E-state index is -1.08. The van der Waals surface area contributed by atoms with E-state index in [1.807, 2.05) is 31.4 Å². The van der Waals surface area contributed by atoms with Crippen molar-refractivity contribution in [3.05, 3.63) is 47.5 Å². The van der Waals surface area contributed by atoms with Gasteiger partial charge in [0.15, 0.2) is 5.65 Å². The van der Waals surface area contributed by atoms with Crippen molar-refractivity contribution in [2.45, 2.75) is 39.3 Å². The molecule has 2 N–H and O–H groups in total. The molecule has 1 atom stereocenters. The maximum Gasteiger partial charge on any atom is 0.326 e. The fourth-order valence-electron chi connectivity index (χ4n) is 2.86. The number of hydrogen-bond donors (Lipinski definition) is 2. The second-order valence-electron chi connectivity index (χ2n) is 6.62. The van der Waals surface area contributed by atoms with E-state index in [4.69, 9.17) is 4.98 Å². The van der Waals surface area contributed by atoms with Crippen LogP contribution in [0.5, 0.6) is 0 Å². The van der Waals surface area contributed by atoms with Crippen LogP contribution in [0.2, 0.25) is 0 Å². The number of thiophene rings is 1. The number of aliphatic carboxylic acids is 1. The molecule has 0 radical (unpaired) electrons. The van der Waals surface area contributed by atoms with Gasteiger partial charge in [-0.1, -0.05) is 18.2 Å². The van der Waals surface area contributed by atoms with E-state index in [9.17, 15) is 14.7 Å². The molecule has 28 heavy (non-hydrogen) atoms. The average Bonchev–Trinajstić information content (AvgIpc) is 3.33. The van der Waals surface area contributed by atoms with Gasteiger partial charge in [0.05, 0.1) is 27.7 Å². The third-order valence-electron chi connectivity index (χ3n) is 4.29. The molecule has 0 aliphatic heterocycles. The summed E-state index contributed by atoms with van der Waals surface area (Å²) >= 11 is 1.52. The highest BCUT2D eigenvalue weighted by Crippen LogP contribution is 2.29. The first kappa shape index (κ1) is 19.8. The number of fused-ring (bicyclic) bond motifs is 1. The molecule has 146 valence electrons. The molecular weight excluding hydrogens is 376 g/mol. The van der Waals surface area contributed by atoms with Crippen LogP contribution in [-0.2, 0) is 4.79 Å². The fraction of sp³-hybridized carbons (Fsp3) is 0.300. The Labute approximate surface area is 166 Å². The minimum absolute atomic E-state index is 0.0703. The van der Waals surface area contributed by atoms with Crippen molar-refractivity contribution in [2.75, 3.05) is 0 Å². The Morgan fingerprint density at radius 1 is 1.39 bits per heavy atom. The first-order valence-electron chi connectivity index (χ1n) is 8.99. The number of carboxylic acids is 1. The summed E-state index contributed by atoms with van der Waals surface area (Å²) < 4.78 is 1.76. The SMILES string of the molecule is C/C=C/CC(NC(=O)c1cc(-c2cccs2)nc2c1cnn2C(C)C)C(=O)O. The Morgan fingerprint density at radius 3 is 2.79 bits per heavy atom. The summed E-state index contributed by atoms with van der Waals surface area (Å²) in [5.74, 6) is -1.53. The van der Waals surface area contributed by atoms with Crippen LogP contribution in [-0.4, -0.2) is 37.8 Å². The zero-order chi connectivity index (χ0) is 20.3. The van der Waals surface area contributed by atoms with Crippen molar-refractivity contribution in [3.8, 4) is 10.6 Å². The molecule has 3 rings (SSSR count). The second kappa shape index (κ2) is 8.35. The lowest BCUT2D eigenvalue weighted by atomic mass is 10.1. The number of pyridine rings is 1. The number of carboxylic acid groups (broad SMARTS) is 1. The predicted molar refractivity (Wildman–Crippen MR) is 110 cm³/mol. The molecule has 1 amide bonds. The molecule has 0 aliphatic carbocycles. The summed E-state index contributed by atoms with van der Waals surface area (Å²) in [6, 6.07) is 4.62. The van der Waals surface area contributed by atoms with Crippen molar-refractivity contribution in [1.29, 1.82) is 0 Å². The number of nitrogens with zero attached hydrogens (tertiary/aromatic N) is 3. The van der Waals surface area contributed by atoms with Gasteiger partial charge < -0.3 is 10.4 Å². The lowest BCUT2D eigenvalue weighted by Gasteiger charge is -2.14. The molecule has 3 aromatic heterocycles. The van der Waals surface area contributed by atoms with Gasteiger partial charge in [0, 0.05) is 6.04 Å². The van der Waals surface area contributed by atoms with Crippen LogP contribution in [0, 0.1) is 0 Å². The van der Waals surface area contributed by atoms with Crippen molar-refractivity contribution in [1.82, 2.24) is 20.1 Å². The molecule has 0 aromatic carbocycles. The maximum absolute atomic E-state index is 13.0. The Balaban J connectivity index is 2.08. The number of amides is 1. The monoisotopic (exact) mass is 398 g/mol. The Hall–Kier alpha value is -3.00. The molecule has 3 aromatic rings. The summed E-state index contributed by atoms with van der Waals surface area (Å²) in [7, 11) is 0. The van der Waals surface area contributed by atoms with E-state index in [1.165, 1.54) is 11.3 Å². The topological polar surface area (TPSA) is 97.1 Å². The number of hydrogen-bond acceptors (Lipinski definition) is 5. The third-order valence-corrected chi connectivity index (χ3v) is 5.18. The lowest BCUT2D eigenvalue weighted by Crippen LogP contribution is -2.40. The number of allylic oxidation sites excluding steroid dienone is 1. The van der Waals surface area contributed by atoms with E-state index >= 15 is 0 Å². The van der Waals surface area contributed by atoms with Crippen LogP contribution < -0.4 is 5.32 Å². The highest BCUT2D eigenvalue weighted by molar-refractivity contribution is 7.13. The standard InChI is InChI=1S/C20H22N4O3S/c1-4-5-7-15(20(26)27)23-19(25)13-10-16(17-8-6-9-28-17)22-18-14(13)11-21-24(18)12(2)3/h4-6,8-12,15H,7H2,1-3H3,(H,23,25)(H,26,27)/b5-4+. The molecular formula is C20H22N4O3S. The van der Waals surface area contributed by atoms with Crippen LogP contribution in [0.4, 0.5) is 0 Å². The van der Waals surface area contributed by atoms with Crippen LogP contribution in [0.15, 0.2) is 41.9 Å². The van der Waals surface area contributed by atoms with Crippen LogP contribution in [0.3, 0.4) is 0 Å². The first-order chi connectivity index (χ1) is 13.4. The van der Waals surface area contributed by atoms with E-state index in [0.29, 0.717) is 22.3 Å². The Bertz CT molecular complexity index is 1020. The molecule has 0 spiro atoms. The minimum Gasteiger partial charge on any atom is -0.480 e. The molecule has 0 saturated carbocycles. The number of nitrogens with one attached hydrogen (secondary N) is 1. The van der Waals surface area contributed by atoms with Gasteiger partial charge in [-0.05, 0) is 44.7 Å². The van der Waals surface area contributed by atoms with E-state index < -0.39 is 17.9 Å². The zero-order valence-corrected chi connectivity index (χ0v) is 16.7.